The van der Waals surface area contributed by atoms with Gasteiger partial charge >= 0.3 is 0 Å². The van der Waals surface area contributed by atoms with Crippen LogP contribution in [0.15, 0.2) is 42.6 Å². The summed E-state index contributed by atoms with van der Waals surface area (Å²) in [7, 11) is 0. The van der Waals surface area contributed by atoms with Crippen LogP contribution in [-0.4, -0.2) is 11.4 Å². The number of amides is 1. The van der Waals surface area contributed by atoms with Crippen LogP contribution in [0.4, 0.5) is 17.2 Å². The van der Waals surface area contributed by atoms with Crippen LogP contribution in [0.25, 0.3) is 0 Å². The lowest BCUT2D eigenvalue weighted by atomic mass is 10.2. The van der Waals surface area contributed by atoms with E-state index in [1.54, 1.807) is 42.6 Å². The van der Waals surface area contributed by atoms with Gasteiger partial charge in [0.15, 0.2) is 0 Å². The van der Waals surface area contributed by atoms with Gasteiger partial charge in [0.25, 0.3) is 0 Å². The number of hydrogen-bond donors (Lipinski definition) is 1. The third-order valence-corrected chi connectivity index (χ3v) is 2.51. The Morgan fingerprint density at radius 2 is 1.88 bits per heavy atom. The van der Waals surface area contributed by atoms with Gasteiger partial charge in [-0.15, -0.1) is 0 Å². The molecule has 0 saturated heterocycles. The summed E-state index contributed by atoms with van der Waals surface area (Å²) in [6, 6.07) is 10.3. The first kappa shape index (κ1) is 11.4. The summed E-state index contributed by atoms with van der Waals surface area (Å²) in [5, 5.41) is 0.619. The highest BCUT2D eigenvalue weighted by atomic mass is 35.5. The van der Waals surface area contributed by atoms with Crippen molar-refractivity contribution in [2.45, 2.75) is 0 Å². The number of carbonyl (C=O) groups is 1. The lowest BCUT2D eigenvalue weighted by molar-refractivity contribution is -0.106. The molecule has 0 aliphatic rings. The summed E-state index contributed by atoms with van der Waals surface area (Å²) >= 11 is 5.79. The monoisotopic (exact) mass is 247 g/mol. The van der Waals surface area contributed by atoms with Crippen molar-refractivity contribution in [1.29, 1.82) is 0 Å². The molecule has 86 valence electrons. The SMILES string of the molecule is Nc1cc(N(C=O)c2ccc(Cl)cc2)ccn1. The molecule has 4 nitrogen and oxygen atoms in total. The van der Waals surface area contributed by atoms with Crippen LogP contribution >= 0.6 is 11.6 Å². The molecule has 1 amide bonds. The predicted molar refractivity (Wildman–Crippen MR) is 68.3 cm³/mol. The number of pyridine rings is 1. The Morgan fingerprint density at radius 3 is 2.47 bits per heavy atom. The van der Waals surface area contributed by atoms with Crippen molar-refractivity contribution in [3.8, 4) is 0 Å². The molecule has 5 heteroatoms. The molecule has 1 aromatic heterocycles. The van der Waals surface area contributed by atoms with Gasteiger partial charge < -0.3 is 5.73 Å². The maximum absolute atomic E-state index is 11.1. The number of halogens is 1. The molecular weight excluding hydrogens is 238 g/mol. The Labute approximate surface area is 104 Å². The fourth-order valence-electron chi connectivity index (χ4n) is 1.46. The predicted octanol–water partition coefficient (Wildman–Crippen LogP) is 2.61. The average Bonchev–Trinajstić information content (AvgIpc) is 2.33. The van der Waals surface area contributed by atoms with E-state index in [9.17, 15) is 4.79 Å². The van der Waals surface area contributed by atoms with E-state index in [2.05, 4.69) is 4.98 Å². The third kappa shape index (κ3) is 2.54. The van der Waals surface area contributed by atoms with E-state index in [0.29, 0.717) is 16.5 Å². The Balaban J connectivity index is 2.40. The molecule has 1 heterocycles. The smallest absolute Gasteiger partial charge is 0.218 e. The Hall–Kier alpha value is -2.07. The zero-order chi connectivity index (χ0) is 12.3. The first-order valence-corrected chi connectivity index (χ1v) is 5.30. The number of nitrogen functional groups attached to an aromatic ring is 1. The molecular formula is C12H10ClN3O. The second kappa shape index (κ2) is 4.84. The van der Waals surface area contributed by atoms with Crippen molar-refractivity contribution in [3.05, 3.63) is 47.6 Å². The Bertz CT molecular complexity index is 528. The highest BCUT2D eigenvalue weighted by Crippen LogP contribution is 2.25. The average molecular weight is 248 g/mol. The molecule has 0 spiro atoms. The van der Waals surface area contributed by atoms with E-state index in [-0.39, 0.29) is 0 Å². The van der Waals surface area contributed by atoms with Crippen LogP contribution in [0.1, 0.15) is 0 Å². The minimum absolute atomic E-state index is 0.364. The number of benzene rings is 1. The summed E-state index contributed by atoms with van der Waals surface area (Å²) in [5.74, 6) is 0.364. The molecule has 0 aliphatic heterocycles. The summed E-state index contributed by atoms with van der Waals surface area (Å²) in [6.07, 6.45) is 2.27. The molecule has 0 aliphatic carbocycles. The molecule has 0 saturated carbocycles. The summed E-state index contributed by atoms with van der Waals surface area (Å²) < 4.78 is 0. The van der Waals surface area contributed by atoms with Gasteiger partial charge in [0, 0.05) is 23.0 Å². The maximum Gasteiger partial charge on any atom is 0.218 e. The first-order valence-electron chi connectivity index (χ1n) is 4.92. The summed E-state index contributed by atoms with van der Waals surface area (Å²) in [4.78, 5) is 16.5. The minimum Gasteiger partial charge on any atom is -0.384 e. The van der Waals surface area contributed by atoms with Crippen molar-refractivity contribution < 1.29 is 4.79 Å². The molecule has 0 unspecified atom stereocenters. The zero-order valence-electron chi connectivity index (χ0n) is 8.88. The maximum atomic E-state index is 11.1. The van der Waals surface area contributed by atoms with Crippen LogP contribution in [-0.2, 0) is 4.79 Å². The second-order valence-electron chi connectivity index (χ2n) is 3.39. The molecule has 17 heavy (non-hydrogen) atoms. The van der Waals surface area contributed by atoms with E-state index in [1.807, 2.05) is 0 Å². The van der Waals surface area contributed by atoms with Gasteiger partial charge in [-0.1, -0.05) is 11.6 Å². The van der Waals surface area contributed by atoms with Crippen LogP contribution in [0.5, 0.6) is 0 Å². The van der Waals surface area contributed by atoms with Crippen molar-refractivity contribution in [1.82, 2.24) is 4.98 Å². The molecule has 0 atom stereocenters. The molecule has 0 bridgehead atoms. The Kier molecular flexibility index (Phi) is 3.25. The van der Waals surface area contributed by atoms with E-state index >= 15 is 0 Å². The largest absolute Gasteiger partial charge is 0.384 e. The lowest BCUT2D eigenvalue weighted by Gasteiger charge is -2.17. The van der Waals surface area contributed by atoms with E-state index < -0.39 is 0 Å². The van der Waals surface area contributed by atoms with Gasteiger partial charge in [0.2, 0.25) is 6.41 Å². The molecule has 0 radical (unpaired) electrons. The van der Waals surface area contributed by atoms with E-state index in [0.717, 1.165) is 12.1 Å². The third-order valence-electron chi connectivity index (χ3n) is 2.25. The van der Waals surface area contributed by atoms with Crippen LogP contribution < -0.4 is 10.6 Å². The van der Waals surface area contributed by atoms with E-state index in [1.165, 1.54) is 4.90 Å². The minimum atomic E-state index is 0.364. The normalized spacial score (nSPS) is 9.94. The number of nitrogens with two attached hydrogens (primary N) is 1. The van der Waals surface area contributed by atoms with Crippen LogP contribution in [0.3, 0.4) is 0 Å². The quantitative estimate of drug-likeness (QED) is 0.849. The second-order valence-corrected chi connectivity index (χ2v) is 3.83. The van der Waals surface area contributed by atoms with Crippen LogP contribution in [0.2, 0.25) is 5.02 Å². The topological polar surface area (TPSA) is 59.2 Å². The molecule has 2 aromatic rings. The molecule has 2 N–H and O–H groups in total. The highest BCUT2D eigenvalue weighted by Gasteiger charge is 2.08. The standard InChI is InChI=1S/C12H10ClN3O/c13-9-1-3-10(4-2-9)16(8-17)11-5-6-15-12(14)7-11/h1-8H,(H2,14,15). The van der Waals surface area contributed by atoms with Crippen molar-refractivity contribution in [2.24, 2.45) is 0 Å². The number of aromatic nitrogens is 1. The summed E-state index contributed by atoms with van der Waals surface area (Å²) in [5.41, 5.74) is 6.96. The van der Waals surface area contributed by atoms with Crippen molar-refractivity contribution in [2.75, 3.05) is 10.6 Å². The molecule has 0 fully saturated rings. The van der Waals surface area contributed by atoms with Gasteiger partial charge in [0.05, 0.1) is 5.69 Å². The fraction of sp³-hybridized carbons (Fsp3) is 0. The van der Waals surface area contributed by atoms with Crippen molar-refractivity contribution in [3.63, 3.8) is 0 Å². The number of nitrogens with zero attached hydrogens (tertiary/aromatic N) is 2. The number of carbonyl (C=O) groups excluding carboxylic acids is 1. The highest BCUT2D eigenvalue weighted by molar-refractivity contribution is 6.30. The molecule has 1 aromatic carbocycles. The number of hydrogen-bond acceptors (Lipinski definition) is 3. The molecule has 2 rings (SSSR count). The van der Waals surface area contributed by atoms with Crippen molar-refractivity contribution >= 4 is 35.2 Å². The summed E-state index contributed by atoms with van der Waals surface area (Å²) in [6.45, 7) is 0. The van der Waals surface area contributed by atoms with Gasteiger partial charge in [-0.25, -0.2) is 4.98 Å². The van der Waals surface area contributed by atoms with Gasteiger partial charge in [-0.05, 0) is 30.3 Å². The fourth-order valence-corrected chi connectivity index (χ4v) is 1.58. The number of rotatable bonds is 3. The lowest BCUT2D eigenvalue weighted by Crippen LogP contribution is -2.14. The van der Waals surface area contributed by atoms with Gasteiger partial charge in [-0.3, -0.25) is 9.69 Å². The van der Waals surface area contributed by atoms with Crippen LogP contribution in [0, 0.1) is 0 Å². The van der Waals surface area contributed by atoms with E-state index in [4.69, 9.17) is 17.3 Å². The number of anilines is 3. The Morgan fingerprint density at radius 1 is 1.18 bits per heavy atom. The zero-order valence-corrected chi connectivity index (χ0v) is 9.63. The first-order chi connectivity index (χ1) is 8.20. The van der Waals surface area contributed by atoms with Gasteiger partial charge in [-0.2, -0.15) is 0 Å². The van der Waals surface area contributed by atoms with Gasteiger partial charge in [0.1, 0.15) is 5.82 Å².